The standard InChI is InChI=1S/C22H29N3O/c1-17(19-7-3-2-4-8-19)25-22(13-5-6-14-22)16-24-21(26)20-11-9-18(15-23)10-12-20/h2-4,7-12,17,25H,5-6,13-16,23H2,1H3,(H,24,26). The van der Waals surface area contributed by atoms with Gasteiger partial charge < -0.3 is 16.4 Å². The van der Waals surface area contributed by atoms with Crippen molar-refractivity contribution in [2.75, 3.05) is 6.54 Å². The first-order chi connectivity index (χ1) is 12.6. The van der Waals surface area contributed by atoms with E-state index in [1.165, 1.54) is 18.4 Å². The number of nitrogens with one attached hydrogen (secondary N) is 2. The third-order valence-electron chi connectivity index (χ3n) is 5.42. The molecule has 1 aliphatic rings. The lowest BCUT2D eigenvalue weighted by molar-refractivity contribution is 0.0936. The van der Waals surface area contributed by atoms with Crippen molar-refractivity contribution in [3.63, 3.8) is 0 Å². The summed E-state index contributed by atoms with van der Waals surface area (Å²) in [5, 5.41) is 6.95. The fourth-order valence-electron chi connectivity index (χ4n) is 3.85. The van der Waals surface area contributed by atoms with E-state index in [2.05, 4.69) is 41.8 Å². The van der Waals surface area contributed by atoms with E-state index in [0.717, 1.165) is 18.4 Å². The Morgan fingerprint density at radius 1 is 1.08 bits per heavy atom. The minimum atomic E-state index is -0.0257. The fraction of sp³-hybridized carbons (Fsp3) is 0.409. The monoisotopic (exact) mass is 351 g/mol. The van der Waals surface area contributed by atoms with Gasteiger partial charge in [-0.05, 0) is 43.0 Å². The molecule has 138 valence electrons. The lowest BCUT2D eigenvalue weighted by atomic mass is 9.94. The maximum atomic E-state index is 12.5. The Morgan fingerprint density at radius 2 is 1.73 bits per heavy atom. The van der Waals surface area contributed by atoms with Crippen molar-refractivity contribution >= 4 is 5.91 Å². The van der Waals surface area contributed by atoms with Gasteiger partial charge in [-0.15, -0.1) is 0 Å². The van der Waals surface area contributed by atoms with Crippen LogP contribution in [0.5, 0.6) is 0 Å². The van der Waals surface area contributed by atoms with Crippen LogP contribution in [0.2, 0.25) is 0 Å². The number of carbonyl (C=O) groups excluding carboxylic acids is 1. The molecule has 0 aromatic heterocycles. The quantitative estimate of drug-likeness (QED) is 0.715. The topological polar surface area (TPSA) is 67.1 Å². The largest absolute Gasteiger partial charge is 0.350 e. The van der Waals surface area contributed by atoms with Crippen molar-refractivity contribution in [2.24, 2.45) is 5.73 Å². The minimum absolute atomic E-state index is 0.0194. The van der Waals surface area contributed by atoms with Gasteiger partial charge in [-0.25, -0.2) is 0 Å². The van der Waals surface area contributed by atoms with Crippen LogP contribution in [0.1, 0.15) is 60.1 Å². The van der Waals surface area contributed by atoms with E-state index >= 15 is 0 Å². The summed E-state index contributed by atoms with van der Waals surface area (Å²) >= 11 is 0. The molecule has 26 heavy (non-hydrogen) atoms. The van der Waals surface area contributed by atoms with Crippen LogP contribution in [0.4, 0.5) is 0 Å². The van der Waals surface area contributed by atoms with Crippen molar-refractivity contribution in [2.45, 2.75) is 50.7 Å². The van der Waals surface area contributed by atoms with E-state index in [4.69, 9.17) is 5.73 Å². The summed E-state index contributed by atoms with van der Waals surface area (Å²) in [7, 11) is 0. The van der Waals surface area contributed by atoms with Gasteiger partial charge in [-0.2, -0.15) is 0 Å². The molecule has 4 heteroatoms. The normalized spacial score (nSPS) is 17.0. The van der Waals surface area contributed by atoms with Gasteiger partial charge in [0.15, 0.2) is 0 Å². The Morgan fingerprint density at radius 3 is 2.35 bits per heavy atom. The summed E-state index contributed by atoms with van der Waals surface area (Å²) in [6.07, 6.45) is 4.60. The number of hydrogen-bond donors (Lipinski definition) is 3. The van der Waals surface area contributed by atoms with Crippen LogP contribution in [0, 0.1) is 0 Å². The Kier molecular flexibility index (Phi) is 6.07. The van der Waals surface area contributed by atoms with E-state index in [9.17, 15) is 4.79 Å². The number of nitrogens with two attached hydrogens (primary N) is 1. The average Bonchev–Trinajstić information content (AvgIpc) is 3.15. The summed E-state index contributed by atoms with van der Waals surface area (Å²) in [4.78, 5) is 12.5. The van der Waals surface area contributed by atoms with Gasteiger partial charge >= 0.3 is 0 Å². The molecule has 1 saturated carbocycles. The zero-order valence-electron chi connectivity index (χ0n) is 15.5. The number of carbonyl (C=O) groups is 1. The summed E-state index contributed by atoms with van der Waals surface area (Å²) in [6, 6.07) is 18.3. The summed E-state index contributed by atoms with van der Waals surface area (Å²) < 4.78 is 0. The third-order valence-corrected chi connectivity index (χ3v) is 5.42. The Hall–Kier alpha value is -2.17. The molecule has 4 nitrogen and oxygen atoms in total. The first-order valence-corrected chi connectivity index (χ1v) is 9.52. The van der Waals surface area contributed by atoms with E-state index in [1.54, 1.807) is 0 Å². The number of hydrogen-bond acceptors (Lipinski definition) is 3. The van der Waals surface area contributed by atoms with Crippen LogP contribution in [0.3, 0.4) is 0 Å². The maximum Gasteiger partial charge on any atom is 0.251 e. The molecule has 2 aromatic rings. The van der Waals surface area contributed by atoms with E-state index in [0.29, 0.717) is 18.7 Å². The zero-order chi connectivity index (χ0) is 18.4. The predicted octanol–water partition coefficient (Wildman–Crippen LogP) is 3.54. The SMILES string of the molecule is CC(NC1(CNC(=O)c2ccc(CN)cc2)CCCC1)c1ccccc1. The molecule has 1 aliphatic carbocycles. The second kappa shape index (κ2) is 8.47. The highest BCUT2D eigenvalue weighted by molar-refractivity contribution is 5.94. The molecule has 3 rings (SSSR count). The Balaban J connectivity index is 1.63. The second-order valence-corrected chi connectivity index (χ2v) is 7.35. The van der Waals surface area contributed by atoms with Crippen LogP contribution < -0.4 is 16.4 Å². The van der Waals surface area contributed by atoms with Crippen LogP contribution >= 0.6 is 0 Å². The molecule has 4 N–H and O–H groups in total. The van der Waals surface area contributed by atoms with Gasteiger partial charge in [0.2, 0.25) is 0 Å². The van der Waals surface area contributed by atoms with Crippen molar-refractivity contribution in [1.29, 1.82) is 0 Å². The van der Waals surface area contributed by atoms with Gasteiger partial charge in [0, 0.05) is 30.2 Å². The number of benzene rings is 2. The van der Waals surface area contributed by atoms with Crippen molar-refractivity contribution < 1.29 is 4.79 Å². The molecule has 1 fully saturated rings. The molecule has 0 spiro atoms. The van der Waals surface area contributed by atoms with Gasteiger partial charge in [0.25, 0.3) is 5.91 Å². The van der Waals surface area contributed by atoms with Gasteiger partial charge in [0.05, 0.1) is 0 Å². The molecule has 1 unspecified atom stereocenters. The highest BCUT2D eigenvalue weighted by atomic mass is 16.1. The van der Waals surface area contributed by atoms with E-state index < -0.39 is 0 Å². The second-order valence-electron chi connectivity index (χ2n) is 7.35. The lowest BCUT2D eigenvalue weighted by Gasteiger charge is -2.34. The predicted molar refractivity (Wildman–Crippen MR) is 106 cm³/mol. The zero-order valence-corrected chi connectivity index (χ0v) is 15.5. The Labute approximate surface area is 156 Å². The van der Waals surface area contributed by atoms with Crippen LogP contribution in [0.15, 0.2) is 54.6 Å². The number of amides is 1. The highest BCUT2D eigenvalue weighted by Crippen LogP contribution is 2.32. The molecule has 0 radical (unpaired) electrons. The molecule has 2 aromatic carbocycles. The highest BCUT2D eigenvalue weighted by Gasteiger charge is 2.35. The van der Waals surface area contributed by atoms with Crippen molar-refractivity contribution in [3.8, 4) is 0 Å². The first-order valence-electron chi connectivity index (χ1n) is 9.52. The molecular weight excluding hydrogens is 322 g/mol. The molecule has 0 saturated heterocycles. The maximum absolute atomic E-state index is 12.5. The Bertz CT molecular complexity index is 706. The van der Waals surface area contributed by atoms with Crippen LogP contribution in [-0.4, -0.2) is 18.0 Å². The van der Waals surface area contributed by atoms with Gasteiger partial charge in [-0.1, -0.05) is 55.3 Å². The fourth-order valence-corrected chi connectivity index (χ4v) is 3.85. The van der Waals surface area contributed by atoms with Crippen molar-refractivity contribution in [1.82, 2.24) is 10.6 Å². The molecule has 1 amide bonds. The van der Waals surface area contributed by atoms with E-state index in [1.807, 2.05) is 30.3 Å². The minimum Gasteiger partial charge on any atom is -0.350 e. The summed E-state index contributed by atoms with van der Waals surface area (Å²) in [5.74, 6) is -0.0194. The molecule has 0 heterocycles. The molecule has 0 aliphatic heterocycles. The van der Waals surface area contributed by atoms with Crippen molar-refractivity contribution in [3.05, 3.63) is 71.3 Å². The van der Waals surface area contributed by atoms with Crippen LogP contribution in [0.25, 0.3) is 0 Å². The summed E-state index contributed by atoms with van der Waals surface area (Å²) in [6.45, 7) is 3.34. The molecule has 0 bridgehead atoms. The summed E-state index contributed by atoms with van der Waals surface area (Å²) in [5.41, 5.74) is 8.60. The third kappa shape index (κ3) is 4.51. The van der Waals surface area contributed by atoms with E-state index in [-0.39, 0.29) is 17.5 Å². The van der Waals surface area contributed by atoms with Gasteiger partial charge in [-0.3, -0.25) is 4.79 Å². The number of rotatable bonds is 7. The molecule has 1 atom stereocenters. The lowest BCUT2D eigenvalue weighted by Crippen LogP contribution is -2.52. The average molecular weight is 351 g/mol. The molecular formula is C22H29N3O. The smallest absolute Gasteiger partial charge is 0.251 e. The van der Waals surface area contributed by atoms with Crippen LogP contribution in [-0.2, 0) is 6.54 Å². The van der Waals surface area contributed by atoms with Gasteiger partial charge in [0.1, 0.15) is 0 Å². The first kappa shape index (κ1) is 18.6.